The van der Waals surface area contributed by atoms with Crippen molar-refractivity contribution in [3.63, 3.8) is 0 Å². The van der Waals surface area contributed by atoms with Crippen LogP contribution in [0.25, 0.3) is 0 Å². The minimum Gasteiger partial charge on any atom is -0.841 e. The Morgan fingerprint density at radius 3 is 1.47 bits per heavy atom. The van der Waals surface area contributed by atoms with Crippen LogP contribution in [0.15, 0.2) is 0 Å². The summed E-state index contributed by atoms with van der Waals surface area (Å²) >= 11 is 0. The molecule has 0 aromatic carbocycles. The van der Waals surface area contributed by atoms with E-state index in [0.717, 1.165) is 13.1 Å². The van der Waals surface area contributed by atoms with Crippen LogP contribution in [0.2, 0.25) is 0 Å². The van der Waals surface area contributed by atoms with Gasteiger partial charge < -0.3 is 14.7 Å². The van der Waals surface area contributed by atoms with Gasteiger partial charge in [0.1, 0.15) is 0 Å². The fourth-order valence-corrected chi connectivity index (χ4v) is 1.94. The Hall–Kier alpha value is 2.31. The maximum atomic E-state index is 10.6. The molecule has 0 N–H and O–H groups in total. The number of rotatable bonds is 6. The first-order valence-corrected chi connectivity index (χ1v) is 6.12. The van der Waals surface area contributed by atoms with Crippen LogP contribution in [0, 0.1) is 11.8 Å². The van der Waals surface area contributed by atoms with Crippen molar-refractivity contribution < 1.29 is 68.9 Å². The molecular weight excluding hydrogens is 231 g/mol. The smallest absolute Gasteiger partial charge is 0.841 e. The Bertz CT molecular complexity index is 114. The molecule has 0 aliphatic heterocycles. The Kier molecular flexibility index (Phi) is 19.1. The van der Waals surface area contributed by atoms with Crippen LogP contribution in [0.3, 0.4) is 0 Å². The molecule has 0 aliphatic rings. The second kappa shape index (κ2) is 12.8. The van der Waals surface area contributed by atoms with Gasteiger partial charge in [0.15, 0.2) is 0 Å². The molecule has 0 rings (SSSR count). The van der Waals surface area contributed by atoms with Gasteiger partial charge in [0.05, 0.1) is 0 Å². The second-order valence-electron chi connectivity index (χ2n) is 4.30. The van der Waals surface area contributed by atoms with E-state index >= 15 is 0 Å². The third-order valence-electron chi connectivity index (χ3n) is 1.56. The quantitative estimate of drug-likeness (QED) is 0.350. The first kappa shape index (κ1) is 22.5. The van der Waals surface area contributed by atoms with E-state index in [2.05, 4.69) is 27.7 Å². The van der Waals surface area contributed by atoms with E-state index < -0.39 is 8.38 Å². The zero-order valence-corrected chi connectivity index (χ0v) is 15.9. The van der Waals surface area contributed by atoms with Crippen LogP contribution in [-0.4, -0.2) is 24.3 Å². The van der Waals surface area contributed by atoms with E-state index in [-0.39, 0.29) is 65.4 Å². The number of hydrogen-bond donors (Lipinski definition) is 0. The van der Waals surface area contributed by atoms with Gasteiger partial charge >= 0.3 is 59.1 Å². The van der Waals surface area contributed by atoms with E-state index in [4.69, 9.17) is 0 Å². The molecule has 0 fully saturated rings. The minimum absolute atomic E-state index is 0. The molecule has 0 aromatic rings. The summed E-state index contributed by atoms with van der Waals surface area (Å²) in [6, 6.07) is 0. The molecule has 6 heteroatoms. The molecule has 80 valence electrons. The van der Waals surface area contributed by atoms with Crippen molar-refractivity contribution in [2.75, 3.05) is 19.4 Å². The monoisotopic (exact) mass is 251 g/mol. The molecule has 0 amide bonds. The average Bonchev–Trinajstić information content (AvgIpc) is 1.80. The zero-order valence-electron chi connectivity index (χ0n) is 11.0. The standard InChI is InChI=1S/C9H20NO2P.2Na/c1-8(2)5-10(6-9(3)4)7-13(11)12;;/h8-9H,5-7H2,1-4H3;;/q-2;2*+1. The van der Waals surface area contributed by atoms with Gasteiger partial charge in [-0.15, -0.1) is 0 Å². The van der Waals surface area contributed by atoms with E-state index in [1.807, 2.05) is 4.90 Å². The summed E-state index contributed by atoms with van der Waals surface area (Å²) in [5.41, 5.74) is 0. The van der Waals surface area contributed by atoms with Crippen molar-refractivity contribution in [1.29, 1.82) is 0 Å². The molecule has 0 aliphatic carbocycles. The van der Waals surface area contributed by atoms with Gasteiger partial charge in [-0.3, -0.25) is 8.38 Å². The molecule has 0 spiro atoms. The Labute approximate surface area is 140 Å². The van der Waals surface area contributed by atoms with Crippen molar-refractivity contribution >= 4 is 8.38 Å². The first-order valence-electron chi connectivity index (χ1n) is 4.76. The van der Waals surface area contributed by atoms with E-state index in [1.54, 1.807) is 0 Å². The Balaban J connectivity index is -0.000000720. The predicted octanol–water partition coefficient (Wildman–Crippen LogP) is -5.40. The molecule has 0 heterocycles. The normalized spacial score (nSPS) is 10.8. The van der Waals surface area contributed by atoms with Crippen LogP contribution < -0.4 is 68.9 Å². The minimum atomic E-state index is -2.28. The largest absolute Gasteiger partial charge is 1.00 e. The fourth-order valence-electron chi connectivity index (χ4n) is 1.39. The van der Waals surface area contributed by atoms with Crippen LogP contribution in [0.1, 0.15) is 27.7 Å². The SMILES string of the molecule is CC(C)CN(CC(C)C)CP([O-])[O-].[Na+].[Na+]. The summed E-state index contributed by atoms with van der Waals surface area (Å²) < 4.78 is 0. The molecule has 3 nitrogen and oxygen atoms in total. The average molecular weight is 251 g/mol. The molecule has 15 heavy (non-hydrogen) atoms. The van der Waals surface area contributed by atoms with Gasteiger partial charge in [-0.2, -0.15) is 0 Å². The third kappa shape index (κ3) is 16.3. The van der Waals surface area contributed by atoms with Gasteiger partial charge in [0, 0.05) is 13.1 Å². The van der Waals surface area contributed by atoms with E-state index in [0.29, 0.717) is 11.8 Å². The molecule has 0 atom stereocenters. The molecular formula is C9H20NNa2O2P. The van der Waals surface area contributed by atoms with Crippen molar-refractivity contribution in [3.8, 4) is 0 Å². The number of hydrogen-bond acceptors (Lipinski definition) is 3. The molecule has 0 aromatic heterocycles. The summed E-state index contributed by atoms with van der Waals surface area (Å²) in [4.78, 5) is 23.1. The zero-order chi connectivity index (χ0) is 10.4. The summed E-state index contributed by atoms with van der Waals surface area (Å²) in [7, 11) is -2.28. The molecule has 0 bridgehead atoms. The summed E-state index contributed by atoms with van der Waals surface area (Å²) in [6.45, 7) is 10.1. The molecule has 0 radical (unpaired) electrons. The van der Waals surface area contributed by atoms with Crippen molar-refractivity contribution in [3.05, 3.63) is 0 Å². The summed E-state index contributed by atoms with van der Waals surface area (Å²) in [6.07, 6.45) is 0.200. The first-order chi connectivity index (χ1) is 5.91. The predicted molar refractivity (Wildman–Crippen MR) is 53.0 cm³/mol. The van der Waals surface area contributed by atoms with Crippen LogP contribution in [-0.2, 0) is 0 Å². The van der Waals surface area contributed by atoms with Crippen LogP contribution >= 0.6 is 8.38 Å². The van der Waals surface area contributed by atoms with Gasteiger partial charge in [0.25, 0.3) is 0 Å². The Morgan fingerprint density at radius 1 is 0.933 bits per heavy atom. The fraction of sp³-hybridized carbons (Fsp3) is 1.00. The summed E-state index contributed by atoms with van der Waals surface area (Å²) in [5.74, 6) is 1.04. The van der Waals surface area contributed by atoms with Crippen LogP contribution in [0.5, 0.6) is 0 Å². The Morgan fingerprint density at radius 2 is 1.27 bits per heavy atom. The van der Waals surface area contributed by atoms with Crippen molar-refractivity contribution in [2.45, 2.75) is 27.7 Å². The topological polar surface area (TPSA) is 49.4 Å². The molecule has 0 unspecified atom stereocenters. The third-order valence-corrected chi connectivity index (χ3v) is 2.19. The van der Waals surface area contributed by atoms with E-state index in [1.165, 1.54) is 0 Å². The van der Waals surface area contributed by atoms with Crippen molar-refractivity contribution in [1.82, 2.24) is 4.90 Å². The number of nitrogens with zero attached hydrogens (tertiary/aromatic N) is 1. The molecule has 0 saturated heterocycles. The van der Waals surface area contributed by atoms with Gasteiger partial charge in [-0.25, -0.2) is 0 Å². The van der Waals surface area contributed by atoms with Gasteiger partial charge in [-0.05, 0) is 18.1 Å². The molecule has 0 saturated carbocycles. The van der Waals surface area contributed by atoms with Gasteiger partial charge in [0.2, 0.25) is 0 Å². The summed E-state index contributed by atoms with van der Waals surface area (Å²) in [5, 5.41) is 0. The van der Waals surface area contributed by atoms with E-state index in [9.17, 15) is 9.79 Å². The van der Waals surface area contributed by atoms with Gasteiger partial charge in [-0.1, -0.05) is 27.7 Å². The maximum absolute atomic E-state index is 10.6. The maximum Gasteiger partial charge on any atom is 1.00 e. The second-order valence-corrected chi connectivity index (χ2v) is 5.25. The van der Waals surface area contributed by atoms with Crippen LogP contribution in [0.4, 0.5) is 0 Å². The van der Waals surface area contributed by atoms with Crippen molar-refractivity contribution in [2.24, 2.45) is 11.8 Å².